The Hall–Kier alpha value is -1.75. The zero-order valence-electron chi connectivity index (χ0n) is 19.8. The Bertz CT molecular complexity index is 753. The lowest BCUT2D eigenvalue weighted by atomic mass is 9.89. The highest BCUT2D eigenvalue weighted by molar-refractivity contribution is 5.63. The predicted molar refractivity (Wildman–Crippen MR) is 126 cm³/mol. The lowest BCUT2D eigenvalue weighted by Crippen LogP contribution is -2.45. The Labute approximate surface area is 187 Å². The van der Waals surface area contributed by atoms with Crippen LogP contribution in [0.5, 0.6) is 0 Å². The second-order valence-corrected chi connectivity index (χ2v) is 8.42. The van der Waals surface area contributed by atoms with E-state index in [1.165, 1.54) is 38.2 Å². The molecule has 0 saturated carbocycles. The number of ether oxygens (including phenoxy) is 3. The van der Waals surface area contributed by atoms with Crippen molar-refractivity contribution in [3.63, 3.8) is 0 Å². The van der Waals surface area contributed by atoms with Gasteiger partial charge in [0.05, 0.1) is 12.0 Å². The summed E-state index contributed by atoms with van der Waals surface area (Å²) in [6, 6.07) is 14.9. The Kier molecular flexibility index (Phi) is 10.7. The van der Waals surface area contributed by atoms with E-state index in [0.29, 0.717) is 0 Å². The summed E-state index contributed by atoms with van der Waals surface area (Å²) in [7, 11) is 3.28. The first kappa shape index (κ1) is 25.5. The predicted octanol–water partition coefficient (Wildman–Crippen LogP) is 7.70. The van der Waals surface area contributed by atoms with Crippen LogP contribution in [0.1, 0.15) is 77.2 Å². The third kappa shape index (κ3) is 7.41. The van der Waals surface area contributed by atoms with Crippen LogP contribution in [0.2, 0.25) is 0 Å². The van der Waals surface area contributed by atoms with Crippen LogP contribution in [-0.2, 0) is 14.2 Å². The number of halogens is 1. The number of benzene rings is 2. The SMILES string of the molecule is CCCCCCCCC(c1ccc(-c2cccc(F)c2)cc1)C(OC)(OC)OC(C)C. The van der Waals surface area contributed by atoms with Gasteiger partial charge in [0.15, 0.2) is 0 Å². The lowest BCUT2D eigenvalue weighted by molar-refractivity contribution is -0.385. The van der Waals surface area contributed by atoms with E-state index in [4.69, 9.17) is 14.2 Å². The van der Waals surface area contributed by atoms with Gasteiger partial charge in [0.1, 0.15) is 5.82 Å². The highest BCUT2D eigenvalue weighted by Crippen LogP contribution is 2.39. The summed E-state index contributed by atoms with van der Waals surface area (Å²) < 4.78 is 31.5. The average Bonchev–Trinajstić information content (AvgIpc) is 2.77. The van der Waals surface area contributed by atoms with Crippen LogP contribution in [0, 0.1) is 5.82 Å². The second-order valence-electron chi connectivity index (χ2n) is 8.42. The van der Waals surface area contributed by atoms with E-state index in [9.17, 15) is 4.39 Å². The largest absolute Gasteiger partial charge is 0.330 e. The quantitative estimate of drug-likeness (QED) is 0.227. The summed E-state index contributed by atoms with van der Waals surface area (Å²) in [5, 5.41) is 0. The van der Waals surface area contributed by atoms with Gasteiger partial charge in [-0.1, -0.05) is 81.8 Å². The van der Waals surface area contributed by atoms with Crippen molar-refractivity contribution in [2.75, 3.05) is 14.2 Å². The molecule has 4 heteroatoms. The zero-order chi connectivity index (χ0) is 22.7. The normalized spacial score (nSPS) is 13.0. The van der Waals surface area contributed by atoms with Gasteiger partial charge in [0, 0.05) is 14.2 Å². The number of methoxy groups -OCH3 is 2. The van der Waals surface area contributed by atoms with E-state index in [1.807, 2.05) is 32.0 Å². The van der Waals surface area contributed by atoms with Gasteiger partial charge >= 0.3 is 0 Å². The summed E-state index contributed by atoms with van der Waals surface area (Å²) in [6.45, 7) is 6.21. The molecule has 3 nitrogen and oxygen atoms in total. The molecule has 1 atom stereocenters. The maximum Gasteiger partial charge on any atom is 0.289 e. The molecule has 0 aromatic heterocycles. The highest BCUT2D eigenvalue weighted by Gasteiger charge is 2.42. The Balaban J connectivity index is 2.25. The molecule has 31 heavy (non-hydrogen) atoms. The minimum atomic E-state index is -1.14. The van der Waals surface area contributed by atoms with E-state index in [-0.39, 0.29) is 17.8 Å². The first-order valence-electron chi connectivity index (χ1n) is 11.6. The summed E-state index contributed by atoms with van der Waals surface area (Å²) in [6.07, 6.45) is 8.20. The first-order valence-corrected chi connectivity index (χ1v) is 11.6. The smallest absolute Gasteiger partial charge is 0.289 e. The first-order chi connectivity index (χ1) is 15.0. The molecule has 0 spiro atoms. The third-order valence-corrected chi connectivity index (χ3v) is 5.71. The van der Waals surface area contributed by atoms with Gasteiger partial charge in [0.25, 0.3) is 5.97 Å². The van der Waals surface area contributed by atoms with Gasteiger partial charge in [-0.3, -0.25) is 0 Å². The van der Waals surface area contributed by atoms with Crippen LogP contribution in [-0.4, -0.2) is 26.3 Å². The van der Waals surface area contributed by atoms with Crippen molar-refractivity contribution in [2.45, 2.75) is 83.7 Å². The monoisotopic (exact) mass is 430 g/mol. The average molecular weight is 431 g/mol. The lowest BCUT2D eigenvalue weighted by Gasteiger charge is -2.39. The van der Waals surface area contributed by atoms with E-state index >= 15 is 0 Å². The Morgan fingerprint density at radius 1 is 0.839 bits per heavy atom. The van der Waals surface area contributed by atoms with E-state index in [0.717, 1.165) is 29.5 Å². The standard InChI is InChI=1S/C27H39FO3/c1-6-7-8-9-10-11-15-26(27(29-4,30-5)31-21(2)3)23-18-16-22(17-19-23)24-13-12-14-25(28)20-24/h12-14,16-21,26H,6-11,15H2,1-5H3. The van der Waals surface area contributed by atoms with Gasteiger partial charge in [-0.2, -0.15) is 0 Å². The van der Waals surface area contributed by atoms with Gasteiger partial charge in [-0.05, 0) is 49.1 Å². The molecule has 2 rings (SSSR count). The molecular weight excluding hydrogens is 391 g/mol. The molecule has 2 aromatic carbocycles. The molecule has 172 valence electrons. The van der Waals surface area contributed by atoms with E-state index in [1.54, 1.807) is 26.4 Å². The fourth-order valence-corrected chi connectivity index (χ4v) is 4.13. The van der Waals surface area contributed by atoms with Crippen molar-refractivity contribution in [3.8, 4) is 11.1 Å². The molecule has 0 radical (unpaired) electrons. The molecule has 0 amide bonds. The third-order valence-electron chi connectivity index (χ3n) is 5.71. The van der Waals surface area contributed by atoms with Crippen LogP contribution in [0.4, 0.5) is 4.39 Å². The van der Waals surface area contributed by atoms with E-state index in [2.05, 4.69) is 19.1 Å². The molecule has 0 fully saturated rings. The van der Waals surface area contributed by atoms with Crippen LogP contribution in [0.3, 0.4) is 0 Å². The summed E-state index contributed by atoms with van der Waals surface area (Å²) in [4.78, 5) is 0. The van der Waals surface area contributed by atoms with Crippen molar-refractivity contribution >= 4 is 0 Å². The summed E-state index contributed by atoms with van der Waals surface area (Å²) in [5.74, 6) is -1.44. The van der Waals surface area contributed by atoms with Gasteiger partial charge in [0.2, 0.25) is 0 Å². The van der Waals surface area contributed by atoms with Crippen LogP contribution >= 0.6 is 0 Å². The van der Waals surface area contributed by atoms with Gasteiger partial charge in [-0.25, -0.2) is 4.39 Å². The fourth-order valence-electron chi connectivity index (χ4n) is 4.13. The highest BCUT2D eigenvalue weighted by atomic mass is 19.1. The molecule has 0 bridgehead atoms. The fraction of sp³-hybridized carbons (Fsp3) is 0.556. The maximum atomic E-state index is 13.6. The minimum Gasteiger partial charge on any atom is -0.330 e. The van der Waals surface area contributed by atoms with Crippen molar-refractivity contribution in [2.24, 2.45) is 0 Å². The molecule has 0 heterocycles. The second kappa shape index (κ2) is 12.9. The summed E-state index contributed by atoms with van der Waals surface area (Å²) in [5.41, 5.74) is 2.94. The topological polar surface area (TPSA) is 27.7 Å². The molecule has 0 aliphatic heterocycles. The van der Waals surface area contributed by atoms with Crippen LogP contribution in [0.25, 0.3) is 11.1 Å². The van der Waals surface area contributed by atoms with Crippen LogP contribution in [0.15, 0.2) is 48.5 Å². The number of unbranched alkanes of at least 4 members (excludes halogenated alkanes) is 5. The molecule has 0 aliphatic carbocycles. The summed E-state index contributed by atoms with van der Waals surface area (Å²) >= 11 is 0. The van der Waals surface area contributed by atoms with Crippen LogP contribution < -0.4 is 0 Å². The molecule has 0 saturated heterocycles. The van der Waals surface area contributed by atoms with Crippen molar-refractivity contribution < 1.29 is 18.6 Å². The molecule has 1 unspecified atom stereocenters. The number of rotatable bonds is 14. The minimum absolute atomic E-state index is 0.0430. The zero-order valence-corrected chi connectivity index (χ0v) is 19.8. The number of hydrogen-bond donors (Lipinski definition) is 0. The van der Waals surface area contributed by atoms with Gasteiger partial charge < -0.3 is 14.2 Å². The van der Waals surface area contributed by atoms with Gasteiger partial charge in [-0.15, -0.1) is 0 Å². The molecule has 0 N–H and O–H groups in total. The Morgan fingerprint density at radius 3 is 2.06 bits per heavy atom. The van der Waals surface area contributed by atoms with E-state index < -0.39 is 5.97 Å². The molecule has 2 aromatic rings. The van der Waals surface area contributed by atoms with Crippen molar-refractivity contribution in [3.05, 3.63) is 59.9 Å². The maximum absolute atomic E-state index is 13.6. The molecular formula is C27H39FO3. The van der Waals surface area contributed by atoms with Crippen molar-refractivity contribution in [1.29, 1.82) is 0 Å². The number of hydrogen-bond acceptors (Lipinski definition) is 3. The molecule has 0 aliphatic rings. The Morgan fingerprint density at radius 2 is 1.48 bits per heavy atom. The van der Waals surface area contributed by atoms with Crippen molar-refractivity contribution in [1.82, 2.24) is 0 Å².